The van der Waals surface area contributed by atoms with Crippen LogP contribution in [0.2, 0.25) is 0 Å². The van der Waals surface area contributed by atoms with E-state index < -0.39 is 16.9 Å². The third-order valence-electron chi connectivity index (χ3n) is 3.43. The molecular formula is C13H17N3O2. The Balaban J connectivity index is 3.02. The molecule has 5 heteroatoms. The molecule has 0 saturated heterocycles. The maximum absolute atomic E-state index is 11.3. The predicted molar refractivity (Wildman–Crippen MR) is 68.1 cm³/mol. The van der Waals surface area contributed by atoms with Crippen LogP contribution >= 0.6 is 0 Å². The summed E-state index contributed by atoms with van der Waals surface area (Å²) >= 11 is 0. The number of nitrogens with zero attached hydrogens (tertiary/aromatic N) is 2. The Morgan fingerprint density at radius 1 is 1.44 bits per heavy atom. The van der Waals surface area contributed by atoms with Crippen LogP contribution in [-0.2, 0) is 4.79 Å². The van der Waals surface area contributed by atoms with Crippen LogP contribution < -0.4 is 5.32 Å². The Morgan fingerprint density at radius 2 is 2.06 bits per heavy atom. The van der Waals surface area contributed by atoms with Gasteiger partial charge in [-0.1, -0.05) is 0 Å². The highest BCUT2D eigenvalue weighted by Crippen LogP contribution is 2.33. The van der Waals surface area contributed by atoms with E-state index in [1.54, 1.807) is 26.0 Å². The molecular weight excluding hydrogens is 230 g/mol. The van der Waals surface area contributed by atoms with E-state index in [1.807, 2.05) is 19.9 Å². The van der Waals surface area contributed by atoms with Gasteiger partial charge in [-0.15, -0.1) is 0 Å². The largest absolute Gasteiger partial charge is 0.481 e. The number of pyridine rings is 1. The molecule has 96 valence electrons. The lowest BCUT2D eigenvalue weighted by Crippen LogP contribution is -2.50. The zero-order valence-corrected chi connectivity index (χ0v) is 11.0. The molecule has 0 bridgehead atoms. The fourth-order valence-corrected chi connectivity index (χ4v) is 1.35. The van der Waals surface area contributed by atoms with Gasteiger partial charge in [0.05, 0.1) is 5.41 Å². The van der Waals surface area contributed by atoms with Crippen LogP contribution in [0.5, 0.6) is 0 Å². The van der Waals surface area contributed by atoms with Crippen molar-refractivity contribution in [3.63, 3.8) is 0 Å². The summed E-state index contributed by atoms with van der Waals surface area (Å²) in [6, 6.07) is 5.25. The smallest absolute Gasteiger partial charge is 0.311 e. The normalized spacial score (nSPS) is 11.7. The number of anilines is 1. The second kappa shape index (κ2) is 4.65. The van der Waals surface area contributed by atoms with Crippen LogP contribution in [0.25, 0.3) is 0 Å². The monoisotopic (exact) mass is 247 g/mol. The van der Waals surface area contributed by atoms with Gasteiger partial charge in [0.25, 0.3) is 0 Å². The first-order valence-electron chi connectivity index (χ1n) is 5.58. The Kier molecular flexibility index (Phi) is 3.61. The quantitative estimate of drug-likeness (QED) is 0.852. The topological polar surface area (TPSA) is 86.0 Å². The minimum Gasteiger partial charge on any atom is -0.481 e. The summed E-state index contributed by atoms with van der Waals surface area (Å²) in [6.45, 7) is 6.95. The van der Waals surface area contributed by atoms with E-state index in [9.17, 15) is 9.90 Å². The van der Waals surface area contributed by atoms with Gasteiger partial charge in [0.15, 0.2) is 0 Å². The van der Waals surface area contributed by atoms with Crippen molar-refractivity contribution in [3.8, 4) is 6.07 Å². The summed E-state index contributed by atoms with van der Waals surface area (Å²) < 4.78 is 0. The fraction of sp³-hybridized carbons (Fsp3) is 0.462. The van der Waals surface area contributed by atoms with Crippen LogP contribution in [0.1, 0.15) is 33.4 Å². The molecule has 1 rings (SSSR count). The fourth-order valence-electron chi connectivity index (χ4n) is 1.35. The third-order valence-corrected chi connectivity index (χ3v) is 3.43. The van der Waals surface area contributed by atoms with Gasteiger partial charge < -0.3 is 10.4 Å². The number of hydrogen-bond acceptors (Lipinski definition) is 4. The van der Waals surface area contributed by atoms with Gasteiger partial charge in [0, 0.05) is 17.4 Å². The molecule has 1 aromatic heterocycles. The maximum atomic E-state index is 11.3. The summed E-state index contributed by atoms with van der Waals surface area (Å²) in [7, 11) is 0. The highest BCUT2D eigenvalue weighted by atomic mass is 16.4. The average Bonchev–Trinajstić information content (AvgIpc) is 2.28. The molecule has 0 unspecified atom stereocenters. The first-order chi connectivity index (χ1) is 8.20. The van der Waals surface area contributed by atoms with E-state index in [0.717, 1.165) is 0 Å². The number of nitriles is 1. The lowest BCUT2D eigenvalue weighted by Gasteiger charge is -2.39. The van der Waals surface area contributed by atoms with Gasteiger partial charge >= 0.3 is 5.97 Å². The van der Waals surface area contributed by atoms with Crippen LogP contribution in [0.3, 0.4) is 0 Å². The van der Waals surface area contributed by atoms with Crippen molar-refractivity contribution in [2.24, 2.45) is 5.41 Å². The summed E-state index contributed by atoms with van der Waals surface area (Å²) in [5, 5.41) is 21.2. The van der Waals surface area contributed by atoms with Crippen LogP contribution in [-0.4, -0.2) is 21.6 Å². The van der Waals surface area contributed by atoms with E-state index in [2.05, 4.69) is 10.3 Å². The van der Waals surface area contributed by atoms with Crippen LogP contribution in [0.4, 0.5) is 5.69 Å². The Morgan fingerprint density at radius 3 is 2.56 bits per heavy atom. The number of nitrogens with one attached hydrogen (secondary N) is 1. The molecule has 0 radical (unpaired) electrons. The molecule has 0 atom stereocenters. The van der Waals surface area contributed by atoms with Crippen molar-refractivity contribution < 1.29 is 9.90 Å². The molecule has 0 aromatic carbocycles. The second-order valence-electron chi connectivity index (χ2n) is 5.22. The third kappa shape index (κ3) is 2.59. The maximum Gasteiger partial charge on any atom is 0.311 e. The van der Waals surface area contributed by atoms with Gasteiger partial charge in [-0.25, -0.2) is 4.98 Å². The molecule has 0 aliphatic carbocycles. The number of aliphatic carboxylic acids is 1. The standard InChI is InChI=1S/C13H17N3O2/c1-12(2,11(17)18)13(3,4)16-9-5-6-15-10(7-9)8-14/h5-7H,1-4H3,(H,15,16)(H,17,18). The average molecular weight is 247 g/mol. The Bertz CT molecular complexity index is 501. The molecule has 0 amide bonds. The minimum atomic E-state index is -0.955. The second-order valence-corrected chi connectivity index (χ2v) is 5.22. The zero-order valence-electron chi connectivity index (χ0n) is 11.0. The lowest BCUT2D eigenvalue weighted by molar-refractivity contribution is -0.149. The molecule has 0 spiro atoms. The summed E-state index contributed by atoms with van der Waals surface area (Å²) in [5.74, 6) is -0.880. The van der Waals surface area contributed by atoms with Crippen molar-refractivity contribution in [2.75, 3.05) is 5.32 Å². The van der Waals surface area contributed by atoms with E-state index in [-0.39, 0.29) is 0 Å². The van der Waals surface area contributed by atoms with Crippen molar-refractivity contribution >= 4 is 11.7 Å². The zero-order chi connectivity index (χ0) is 14.0. The van der Waals surface area contributed by atoms with Crippen LogP contribution in [0, 0.1) is 16.7 Å². The number of hydrogen-bond donors (Lipinski definition) is 2. The lowest BCUT2D eigenvalue weighted by atomic mass is 9.74. The van der Waals surface area contributed by atoms with Gasteiger partial charge in [0.2, 0.25) is 0 Å². The SMILES string of the molecule is CC(C)(Nc1ccnc(C#N)c1)C(C)(C)C(=O)O. The molecule has 1 aromatic rings. The molecule has 0 fully saturated rings. The molecule has 0 aliphatic rings. The van der Waals surface area contributed by atoms with Crippen molar-refractivity contribution in [1.29, 1.82) is 5.26 Å². The summed E-state index contributed by atoms with van der Waals surface area (Å²) in [4.78, 5) is 15.1. The van der Waals surface area contributed by atoms with Gasteiger partial charge in [-0.2, -0.15) is 5.26 Å². The Labute approximate surface area is 106 Å². The molecule has 2 N–H and O–H groups in total. The van der Waals surface area contributed by atoms with Gasteiger partial charge in [0.1, 0.15) is 11.8 Å². The molecule has 5 nitrogen and oxygen atoms in total. The van der Waals surface area contributed by atoms with Crippen molar-refractivity contribution in [2.45, 2.75) is 33.2 Å². The van der Waals surface area contributed by atoms with Gasteiger partial charge in [-0.05, 0) is 39.8 Å². The molecule has 18 heavy (non-hydrogen) atoms. The summed E-state index contributed by atoms with van der Waals surface area (Å²) in [6.07, 6.45) is 1.52. The predicted octanol–water partition coefficient (Wildman–Crippen LogP) is 2.25. The van der Waals surface area contributed by atoms with E-state index in [0.29, 0.717) is 11.4 Å². The minimum absolute atomic E-state index is 0.295. The molecule has 1 heterocycles. The van der Waals surface area contributed by atoms with E-state index >= 15 is 0 Å². The first-order valence-corrected chi connectivity index (χ1v) is 5.58. The van der Waals surface area contributed by atoms with Crippen molar-refractivity contribution in [1.82, 2.24) is 4.98 Å². The highest BCUT2D eigenvalue weighted by Gasteiger charge is 2.43. The first kappa shape index (κ1) is 14.0. The van der Waals surface area contributed by atoms with E-state index in [1.165, 1.54) is 6.20 Å². The number of carboxylic acids is 1. The van der Waals surface area contributed by atoms with E-state index in [4.69, 9.17) is 5.26 Å². The van der Waals surface area contributed by atoms with Gasteiger partial charge in [-0.3, -0.25) is 4.79 Å². The number of carboxylic acid groups (broad SMARTS) is 1. The Hall–Kier alpha value is -2.09. The number of rotatable bonds is 4. The van der Waals surface area contributed by atoms with Crippen LogP contribution in [0.15, 0.2) is 18.3 Å². The molecule has 0 aliphatic heterocycles. The van der Waals surface area contributed by atoms with Crippen molar-refractivity contribution in [3.05, 3.63) is 24.0 Å². The highest BCUT2D eigenvalue weighted by molar-refractivity contribution is 5.76. The number of aromatic nitrogens is 1. The molecule has 0 saturated carbocycles. The number of carbonyl (C=O) groups is 1. The summed E-state index contributed by atoms with van der Waals surface area (Å²) in [5.41, 5.74) is -0.652.